The van der Waals surface area contributed by atoms with E-state index in [4.69, 9.17) is 44.3 Å². The van der Waals surface area contributed by atoms with Crippen molar-refractivity contribution in [2.75, 3.05) is 13.2 Å². The molecule has 0 unspecified atom stereocenters. The molecule has 0 spiro atoms. The second-order valence-electron chi connectivity index (χ2n) is 5.61. The molecule has 2 heterocycles. The summed E-state index contributed by atoms with van der Waals surface area (Å²) >= 11 is 17.8. The second kappa shape index (κ2) is 6.17. The molecule has 2 fully saturated rings. The summed E-state index contributed by atoms with van der Waals surface area (Å²) in [6.07, 6.45) is 0.645. The van der Waals surface area contributed by atoms with Crippen LogP contribution in [0.2, 0.25) is 0 Å². The highest BCUT2D eigenvalue weighted by Gasteiger charge is 2.62. The number of halogens is 3. The number of carbonyl (C=O) groups is 1. The van der Waals surface area contributed by atoms with Crippen molar-refractivity contribution in [3.8, 4) is 0 Å². The van der Waals surface area contributed by atoms with E-state index in [-0.39, 0.29) is 12.6 Å². The van der Waals surface area contributed by atoms with Gasteiger partial charge in [-0.2, -0.15) is 0 Å². The van der Waals surface area contributed by atoms with Gasteiger partial charge in [0.25, 0.3) is 0 Å². The first-order chi connectivity index (χ1) is 10.4. The van der Waals surface area contributed by atoms with Gasteiger partial charge in [0.1, 0.15) is 5.54 Å². The fourth-order valence-electron chi connectivity index (χ4n) is 3.10. The van der Waals surface area contributed by atoms with Crippen LogP contribution >= 0.6 is 34.8 Å². The summed E-state index contributed by atoms with van der Waals surface area (Å²) in [5, 5.41) is 0. The molecule has 0 aliphatic carbocycles. The van der Waals surface area contributed by atoms with E-state index < -0.39 is 15.6 Å². The maximum atomic E-state index is 12.4. The SMILES string of the molecule is O=C1O[C@@H](C(Cl)(Cl)Cl)N2CCC[C@@]12COCc1ccccc1. The summed E-state index contributed by atoms with van der Waals surface area (Å²) in [6, 6.07) is 9.78. The number of alkyl halides is 3. The molecule has 2 aliphatic rings. The van der Waals surface area contributed by atoms with E-state index in [0.717, 1.165) is 12.0 Å². The van der Waals surface area contributed by atoms with Gasteiger partial charge in [0, 0.05) is 6.54 Å². The molecule has 22 heavy (non-hydrogen) atoms. The number of nitrogens with zero attached hydrogens (tertiary/aromatic N) is 1. The van der Waals surface area contributed by atoms with Crippen LogP contribution in [0.5, 0.6) is 0 Å². The van der Waals surface area contributed by atoms with Crippen LogP contribution in [0.25, 0.3) is 0 Å². The average Bonchev–Trinajstić information content (AvgIpc) is 2.99. The summed E-state index contributed by atoms with van der Waals surface area (Å²) < 4.78 is 9.41. The zero-order valence-corrected chi connectivity index (χ0v) is 14.1. The Morgan fingerprint density at radius 2 is 2.05 bits per heavy atom. The van der Waals surface area contributed by atoms with Crippen molar-refractivity contribution in [1.29, 1.82) is 0 Å². The van der Waals surface area contributed by atoms with Crippen molar-refractivity contribution in [3.05, 3.63) is 35.9 Å². The zero-order valence-electron chi connectivity index (χ0n) is 11.8. The zero-order chi connectivity index (χ0) is 15.8. The smallest absolute Gasteiger partial charge is 0.330 e. The minimum Gasteiger partial charge on any atom is -0.440 e. The predicted molar refractivity (Wildman–Crippen MR) is 84.9 cm³/mol. The fourth-order valence-corrected chi connectivity index (χ4v) is 3.59. The van der Waals surface area contributed by atoms with Crippen molar-refractivity contribution in [3.63, 3.8) is 0 Å². The number of fused-ring (bicyclic) bond motifs is 1. The average molecular weight is 365 g/mol. The lowest BCUT2D eigenvalue weighted by Gasteiger charge is -2.31. The van der Waals surface area contributed by atoms with Gasteiger partial charge in [0.05, 0.1) is 13.2 Å². The maximum absolute atomic E-state index is 12.4. The van der Waals surface area contributed by atoms with Crippen LogP contribution in [0.1, 0.15) is 18.4 Å². The number of cyclic esters (lactones) is 1. The van der Waals surface area contributed by atoms with Gasteiger partial charge in [0.2, 0.25) is 10.0 Å². The Labute approximate surface area is 144 Å². The summed E-state index contributed by atoms with van der Waals surface area (Å²) in [7, 11) is 0. The lowest BCUT2D eigenvalue weighted by Crippen LogP contribution is -2.52. The van der Waals surface area contributed by atoms with Gasteiger partial charge in [-0.1, -0.05) is 65.1 Å². The normalized spacial score (nSPS) is 28.7. The maximum Gasteiger partial charge on any atom is 0.330 e. The lowest BCUT2D eigenvalue weighted by atomic mass is 9.98. The van der Waals surface area contributed by atoms with Crippen molar-refractivity contribution in [1.82, 2.24) is 4.90 Å². The van der Waals surface area contributed by atoms with Crippen LogP contribution < -0.4 is 0 Å². The molecule has 2 atom stereocenters. The Bertz CT molecular complexity index is 549. The number of ether oxygens (including phenoxy) is 2. The Morgan fingerprint density at radius 1 is 1.32 bits per heavy atom. The number of carbonyl (C=O) groups excluding carboxylic acids is 1. The molecule has 3 rings (SSSR count). The Balaban J connectivity index is 1.70. The first kappa shape index (κ1) is 16.3. The van der Waals surface area contributed by atoms with Crippen molar-refractivity contribution in [2.45, 2.75) is 35.0 Å². The van der Waals surface area contributed by atoms with Crippen molar-refractivity contribution < 1.29 is 14.3 Å². The highest BCUT2D eigenvalue weighted by molar-refractivity contribution is 6.68. The summed E-state index contributed by atoms with van der Waals surface area (Å²) in [5.74, 6) is -0.366. The standard InChI is InChI=1S/C15H16Cl3NO3/c16-15(17,18)12-19-8-4-7-14(19,13(20)22-12)10-21-9-11-5-2-1-3-6-11/h1-3,5-6,12H,4,7-10H2/t12-,14+/m0/s1. The highest BCUT2D eigenvalue weighted by Crippen LogP contribution is 2.46. The van der Waals surface area contributed by atoms with Gasteiger partial charge in [-0.3, -0.25) is 0 Å². The van der Waals surface area contributed by atoms with E-state index in [1.807, 2.05) is 35.2 Å². The third-order valence-electron chi connectivity index (χ3n) is 4.15. The lowest BCUT2D eigenvalue weighted by molar-refractivity contribution is -0.147. The molecule has 1 aromatic carbocycles. The van der Waals surface area contributed by atoms with E-state index in [1.165, 1.54) is 0 Å². The third-order valence-corrected chi connectivity index (χ3v) is 4.71. The first-order valence-electron chi connectivity index (χ1n) is 7.10. The quantitative estimate of drug-likeness (QED) is 0.607. The van der Waals surface area contributed by atoms with Gasteiger partial charge in [0.15, 0.2) is 0 Å². The first-order valence-corrected chi connectivity index (χ1v) is 8.23. The number of hydrogen-bond acceptors (Lipinski definition) is 4. The highest BCUT2D eigenvalue weighted by atomic mass is 35.6. The summed E-state index contributed by atoms with van der Waals surface area (Å²) in [4.78, 5) is 14.2. The van der Waals surface area contributed by atoms with Crippen molar-refractivity contribution >= 4 is 40.8 Å². The van der Waals surface area contributed by atoms with Crippen LogP contribution in [0.15, 0.2) is 30.3 Å². The largest absolute Gasteiger partial charge is 0.440 e. The molecule has 0 radical (unpaired) electrons. The molecule has 0 saturated carbocycles. The number of hydrogen-bond donors (Lipinski definition) is 0. The van der Waals surface area contributed by atoms with E-state index in [9.17, 15) is 4.79 Å². The van der Waals surface area contributed by atoms with Crippen LogP contribution in [0.4, 0.5) is 0 Å². The molecular formula is C15H16Cl3NO3. The summed E-state index contributed by atoms with van der Waals surface area (Å²) in [5.41, 5.74) is 0.219. The van der Waals surface area contributed by atoms with Gasteiger partial charge in [-0.05, 0) is 18.4 Å². The van der Waals surface area contributed by atoms with Gasteiger partial charge in [-0.25, -0.2) is 9.69 Å². The minimum absolute atomic E-state index is 0.234. The molecule has 120 valence electrons. The molecule has 0 aromatic heterocycles. The van der Waals surface area contributed by atoms with E-state index in [1.54, 1.807) is 0 Å². The van der Waals surface area contributed by atoms with Crippen LogP contribution in [0, 0.1) is 0 Å². The predicted octanol–water partition coefficient (Wildman–Crippen LogP) is 3.29. The topological polar surface area (TPSA) is 38.8 Å². The van der Waals surface area contributed by atoms with E-state index in [2.05, 4.69) is 0 Å². The molecule has 2 aliphatic heterocycles. The van der Waals surface area contributed by atoms with Crippen LogP contribution in [0.3, 0.4) is 0 Å². The van der Waals surface area contributed by atoms with Crippen molar-refractivity contribution in [2.24, 2.45) is 0 Å². The molecule has 0 N–H and O–H groups in total. The molecule has 4 nitrogen and oxygen atoms in total. The third kappa shape index (κ3) is 2.95. The number of benzene rings is 1. The molecule has 1 aromatic rings. The number of rotatable bonds is 4. The Hall–Kier alpha value is -0.520. The minimum atomic E-state index is -1.67. The Morgan fingerprint density at radius 3 is 2.73 bits per heavy atom. The molecule has 0 amide bonds. The van der Waals surface area contributed by atoms with Gasteiger partial charge < -0.3 is 9.47 Å². The molecule has 0 bridgehead atoms. The molecule has 7 heteroatoms. The molecule has 2 saturated heterocycles. The second-order valence-corrected chi connectivity index (χ2v) is 7.98. The van der Waals surface area contributed by atoms with E-state index >= 15 is 0 Å². The van der Waals surface area contributed by atoms with E-state index in [0.29, 0.717) is 19.6 Å². The van der Waals surface area contributed by atoms with Crippen LogP contribution in [-0.2, 0) is 20.9 Å². The number of esters is 1. The van der Waals surface area contributed by atoms with Gasteiger partial charge in [-0.15, -0.1) is 0 Å². The monoisotopic (exact) mass is 363 g/mol. The van der Waals surface area contributed by atoms with Crippen LogP contribution in [-0.4, -0.2) is 39.6 Å². The fraction of sp³-hybridized carbons (Fsp3) is 0.533. The molecular weight excluding hydrogens is 349 g/mol. The van der Waals surface area contributed by atoms with Gasteiger partial charge >= 0.3 is 5.97 Å². The Kier molecular flexibility index (Phi) is 4.59. The summed E-state index contributed by atoms with van der Waals surface area (Å²) in [6.45, 7) is 1.32.